The second-order valence-electron chi connectivity index (χ2n) is 6.35. The van der Waals surface area contributed by atoms with Gasteiger partial charge in [-0.2, -0.15) is 0 Å². The fourth-order valence-corrected chi connectivity index (χ4v) is 2.97. The minimum atomic E-state index is -0.252. The Morgan fingerprint density at radius 2 is 2.07 bits per heavy atom. The number of likely N-dealkylation sites (tertiary alicyclic amines) is 1. The normalized spacial score (nSPS) is 15.0. The Bertz CT molecular complexity index is 773. The third-order valence-corrected chi connectivity index (χ3v) is 4.40. The number of carbonyl (C=O) groups excluding carboxylic acids is 1. The summed E-state index contributed by atoms with van der Waals surface area (Å²) in [6.07, 6.45) is 1.35. The molecule has 8 nitrogen and oxygen atoms in total. The molecule has 28 heavy (non-hydrogen) atoms. The van der Waals surface area contributed by atoms with Gasteiger partial charge in [0.2, 0.25) is 0 Å². The number of hydrogen-bond donors (Lipinski definition) is 2. The van der Waals surface area contributed by atoms with Crippen molar-refractivity contribution in [1.82, 2.24) is 15.4 Å². The Kier molecular flexibility index (Phi) is 8.55. The molecule has 152 valence electrons. The standard InChI is InChI=1S/C19H25N5O3.HI/c1-2-26-19(25)24-10-8-15(9-11-24)22-18(20)21-13-16-12-17(27-23-16)14-6-4-3-5-7-14;/h3-7,12,15H,2,8-11,13H2,1H3,(H3,20,21,22);1H. The number of aliphatic imine (C=N–C) groups is 1. The van der Waals surface area contributed by atoms with E-state index >= 15 is 0 Å². The van der Waals surface area contributed by atoms with Crippen molar-refractivity contribution in [2.24, 2.45) is 10.7 Å². The Morgan fingerprint density at radius 1 is 1.36 bits per heavy atom. The van der Waals surface area contributed by atoms with Crippen molar-refractivity contribution < 1.29 is 14.1 Å². The van der Waals surface area contributed by atoms with Gasteiger partial charge in [-0.25, -0.2) is 9.79 Å². The highest BCUT2D eigenvalue weighted by Crippen LogP contribution is 2.20. The van der Waals surface area contributed by atoms with Crippen LogP contribution in [0.1, 0.15) is 25.5 Å². The van der Waals surface area contributed by atoms with E-state index in [9.17, 15) is 4.79 Å². The van der Waals surface area contributed by atoms with Crippen LogP contribution in [0, 0.1) is 0 Å². The molecular formula is C19H26IN5O3. The van der Waals surface area contributed by atoms with Gasteiger partial charge in [-0.1, -0.05) is 35.5 Å². The van der Waals surface area contributed by atoms with Gasteiger partial charge >= 0.3 is 6.09 Å². The smallest absolute Gasteiger partial charge is 0.409 e. The zero-order valence-corrected chi connectivity index (χ0v) is 18.2. The third kappa shape index (κ3) is 6.11. The number of hydrogen-bond acceptors (Lipinski definition) is 5. The summed E-state index contributed by atoms with van der Waals surface area (Å²) in [6, 6.07) is 11.8. The summed E-state index contributed by atoms with van der Waals surface area (Å²) in [5.74, 6) is 1.08. The molecule has 0 aliphatic carbocycles. The number of amides is 1. The summed E-state index contributed by atoms with van der Waals surface area (Å²) in [4.78, 5) is 17.8. The van der Waals surface area contributed by atoms with E-state index < -0.39 is 0 Å². The van der Waals surface area contributed by atoms with E-state index in [0.717, 1.165) is 24.1 Å². The summed E-state index contributed by atoms with van der Waals surface area (Å²) >= 11 is 0. The SMILES string of the molecule is CCOC(=O)N1CCC(NC(N)=NCc2cc(-c3ccccc3)on2)CC1.I. The molecule has 0 atom stereocenters. The van der Waals surface area contributed by atoms with Crippen LogP contribution in [0.25, 0.3) is 11.3 Å². The van der Waals surface area contributed by atoms with E-state index in [1.807, 2.05) is 36.4 Å². The van der Waals surface area contributed by atoms with Crippen molar-refractivity contribution in [2.45, 2.75) is 32.4 Å². The topological polar surface area (TPSA) is 106 Å². The average molecular weight is 499 g/mol. The van der Waals surface area contributed by atoms with Gasteiger partial charge in [-0.15, -0.1) is 24.0 Å². The Balaban J connectivity index is 0.00000280. The molecule has 1 aromatic carbocycles. The molecule has 0 spiro atoms. The van der Waals surface area contributed by atoms with E-state index in [1.54, 1.807) is 11.8 Å². The van der Waals surface area contributed by atoms with Crippen molar-refractivity contribution in [3.63, 3.8) is 0 Å². The van der Waals surface area contributed by atoms with Gasteiger partial charge in [-0.05, 0) is 19.8 Å². The molecule has 1 fully saturated rings. The molecule has 0 saturated carbocycles. The molecule has 9 heteroatoms. The van der Waals surface area contributed by atoms with Crippen LogP contribution in [0.4, 0.5) is 4.79 Å². The minimum Gasteiger partial charge on any atom is -0.450 e. The van der Waals surface area contributed by atoms with Crippen molar-refractivity contribution in [1.29, 1.82) is 0 Å². The van der Waals surface area contributed by atoms with Gasteiger partial charge in [0.15, 0.2) is 11.7 Å². The highest BCUT2D eigenvalue weighted by atomic mass is 127. The lowest BCUT2D eigenvalue weighted by Crippen LogP contribution is -2.48. The summed E-state index contributed by atoms with van der Waals surface area (Å²) in [6.45, 7) is 3.84. The summed E-state index contributed by atoms with van der Waals surface area (Å²) in [5, 5.41) is 7.24. The van der Waals surface area contributed by atoms with Crippen LogP contribution in [-0.2, 0) is 11.3 Å². The second kappa shape index (κ2) is 10.9. The molecule has 1 aliphatic rings. The first-order valence-corrected chi connectivity index (χ1v) is 9.15. The first-order chi connectivity index (χ1) is 13.2. The van der Waals surface area contributed by atoms with E-state index in [0.29, 0.717) is 38.0 Å². The molecule has 0 radical (unpaired) electrons. The Hall–Kier alpha value is -2.30. The van der Waals surface area contributed by atoms with Crippen LogP contribution >= 0.6 is 24.0 Å². The first-order valence-electron chi connectivity index (χ1n) is 9.15. The summed E-state index contributed by atoms with van der Waals surface area (Å²) < 4.78 is 10.4. The zero-order valence-electron chi connectivity index (χ0n) is 15.8. The molecule has 1 aliphatic heterocycles. The van der Waals surface area contributed by atoms with Crippen molar-refractivity contribution >= 4 is 36.0 Å². The monoisotopic (exact) mass is 499 g/mol. The van der Waals surface area contributed by atoms with Crippen LogP contribution < -0.4 is 11.1 Å². The molecular weight excluding hydrogens is 473 g/mol. The number of nitrogens with zero attached hydrogens (tertiary/aromatic N) is 3. The van der Waals surface area contributed by atoms with Crippen LogP contribution in [-0.4, -0.2) is 47.8 Å². The molecule has 3 rings (SSSR count). The molecule has 1 aromatic heterocycles. The maximum absolute atomic E-state index is 11.7. The highest BCUT2D eigenvalue weighted by Gasteiger charge is 2.23. The maximum Gasteiger partial charge on any atom is 0.409 e. The van der Waals surface area contributed by atoms with E-state index in [2.05, 4.69) is 15.5 Å². The number of ether oxygens (including phenoxy) is 1. The van der Waals surface area contributed by atoms with Crippen LogP contribution in [0.2, 0.25) is 0 Å². The van der Waals surface area contributed by atoms with Gasteiger partial charge in [0, 0.05) is 30.8 Å². The number of nitrogens with two attached hydrogens (primary N) is 1. The minimum absolute atomic E-state index is 0. The van der Waals surface area contributed by atoms with Gasteiger partial charge < -0.3 is 25.2 Å². The fraction of sp³-hybridized carbons (Fsp3) is 0.421. The number of carbonyl (C=O) groups is 1. The molecule has 0 unspecified atom stereocenters. The zero-order chi connectivity index (χ0) is 19.1. The predicted molar refractivity (Wildman–Crippen MR) is 117 cm³/mol. The van der Waals surface area contributed by atoms with Gasteiger partial charge in [0.1, 0.15) is 5.69 Å². The predicted octanol–water partition coefficient (Wildman–Crippen LogP) is 2.98. The lowest BCUT2D eigenvalue weighted by Gasteiger charge is -2.31. The van der Waals surface area contributed by atoms with Crippen LogP contribution in [0.3, 0.4) is 0 Å². The largest absolute Gasteiger partial charge is 0.450 e. The number of halogens is 1. The first kappa shape index (κ1) is 22.0. The van der Waals surface area contributed by atoms with Gasteiger partial charge in [0.05, 0.1) is 13.2 Å². The Morgan fingerprint density at radius 3 is 2.75 bits per heavy atom. The van der Waals surface area contributed by atoms with Crippen molar-refractivity contribution in [3.8, 4) is 11.3 Å². The fourth-order valence-electron chi connectivity index (χ4n) is 2.97. The van der Waals surface area contributed by atoms with Gasteiger partial charge in [-0.3, -0.25) is 0 Å². The number of rotatable bonds is 5. The number of piperidine rings is 1. The highest BCUT2D eigenvalue weighted by molar-refractivity contribution is 14.0. The molecule has 2 aromatic rings. The Labute approximate surface area is 181 Å². The maximum atomic E-state index is 11.7. The van der Waals surface area contributed by atoms with Crippen molar-refractivity contribution in [3.05, 3.63) is 42.1 Å². The molecule has 3 N–H and O–H groups in total. The summed E-state index contributed by atoms with van der Waals surface area (Å²) in [7, 11) is 0. The number of benzene rings is 1. The number of guanidine groups is 1. The number of aromatic nitrogens is 1. The van der Waals surface area contributed by atoms with Crippen molar-refractivity contribution in [2.75, 3.05) is 19.7 Å². The average Bonchev–Trinajstić information content (AvgIpc) is 3.17. The lowest BCUT2D eigenvalue weighted by molar-refractivity contribution is 0.0963. The summed E-state index contributed by atoms with van der Waals surface area (Å²) in [5.41, 5.74) is 7.68. The molecule has 1 amide bonds. The second-order valence-corrected chi connectivity index (χ2v) is 6.35. The van der Waals surface area contributed by atoms with Gasteiger partial charge in [0.25, 0.3) is 0 Å². The van der Waals surface area contributed by atoms with Crippen LogP contribution in [0.15, 0.2) is 45.9 Å². The molecule has 2 heterocycles. The molecule has 1 saturated heterocycles. The third-order valence-electron chi connectivity index (χ3n) is 4.40. The van der Waals surface area contributed by atoms with E-state index in [1.165, 1.54) is 0 Å². The van der Waals surface area contributed by atoms with Crippen LogP contribution in [0.5, 0.6) is 0 Å². The van der Waals surface area contributed by atoms with E-state index in [4.69, 9.17) is 15.0 Å². The quantitative estimate of drug-likeness (QED) is 0.372. The number of nitrogens with one attached hydrogen (secondary N) is 1. The van der Waals surface area contributed by atoms with E-state index in [-0.39, 0.29) is 36.1 Å². The lowest BCUT2D eigenvalue weighted by atomic mass is 10.1. The molecule has 0 bridgehead atoms.